The molecule has 0 bridgehead atoms. The number of pyridine rings is 1. The first-order valence-corrected chi connectivity index (χ1v) is 15.0. The monoisotopic (exact) mass is 615 g/mol. The minimum atomic E-state index is -3.79. The van der Waals surface area contributed by atoms with Crippen molar-refractivity contribution in [2.45, 2.75) is 6.92 Å². The molecule has 0 spiro atoms. The van der Waals surface area contributed by atoms with Gasteiger partial charge in [-0.15, -0.1) is 0 Å². The molecule has 0 aliphatic heterocycles. The van der Waals surface area contributed by atoms with Gasteiger partial charge in [-0.1, -0.05) is 12.1 Å². The van der Waals surface area contributed by atoms with E-state index in [0.29, 0.717) is 27.6 Å². The van der Waals surface area contributed by atoms with Crippen LogP contribution in [0.15, 0.2) is 82.1 Å². The number of carbonyl (C=O) groups excluding carboxylic acids is 1. The van der Waals surface area contributed by atoms with E-state index in [2.05, 4.69) is 25.0 Å². The lowest BCUT2D eigenvalue weighted by Crippen LogP contribution is -2.18. The highest BCUT2D eigenvalue weighted by atomic mass is 32.2. The molecule has 3 aromatic heterocycles. The Kier molecular flexibility index (Phi) is 7.17. The molecular weight excluding hydrogens is 592 g/mol. The second-order valence-electron chi connectivity index (χ2n) is 9.81. The Balaban J connectivity index is 1.58. The molecule has 0 aliphatic carbocycles. The molecule has 0 saturated heterocycles. The summed E-state index contributed by atoms with van der Waals surface area (Å²) in [6.07, 6.45) is 1.41. The van der Waals surface area contributed by atoms with Crippen LogP contribution in [0, 0.1) is 11.6 Å². The number of amides is 1. The van der Waals surface area contributed by atoms with Gasteiger partial charge in [-0.2, -0.15) is 0 Å². The summed E-state index contributed by atoms with van der Waals surface area (Å²) in [4.78, 5) is 37.6. The van der Waals surface area contributed by atoms with Crippen LogP contribution in [0.2, 0.25) is 0 Å². The smallest absolute Gasteiger partial charge is 0.260 e. The summed E-state index contributed by atoms with van der Waals surface area (Å²) in [6, 6.07) is 15.5. The van der Waals surface area contributed by atoms with Crippen LogP contribution in [0.5, 0.6) is 0 Å². The van der Waals surface area contributed by atoms with Crippen molar-refractivity contribution in [3.05, 3.63) is 100 Å². The van der Waals surface area contributed by atoms with Gasteiger partial charge in [0.25, 0.3) is 11.5 Å². The molecule has 0 saturated carbocycles. The van der Waals surface area contributed by atoms with Gasteiger partial charge < -0.3 is 14.7 Å². The summed E-state index contributed by atoms with van der Waals surface area (Å²) in [6.45, 7) is 1.47. The molecule has 3 heterocycles. The zero-order valence-corrected chi connectivity index (χ0v) is 24.1. The number of anilines is 1. The third-order valence-corrected chi connectivity index (χ3v) is 8.30. The van der Waals surface area contributed by atoms with Crippen molar-refractivity contribution in [3.8, 4) is 33.8 Å². The number of hydrogen-bond acceptors (Lipinski definition) is 7. The van der Waals surface area contributed by atoms with Crippen molar-refractivity contribution in [1.29, 1.82) is 0 Å². The average Bonchev–Trinajstić information content (AvgIpc) is 3.38. The Labute approximate surface area is 248 Å². The predicted octanol–water partition coefficient (Wildman–Crippen LogP) is 5.46. The first kappa shape index (κ1) is 28.7. The van der Waals surface area contributed by atoms with E-state index in [1.165, 1.54) is 74.8 Å². The number of furan rings is 1. The Bertz CT molecular complexity index is 2260. The molecule has 10 nitrogen and oxygen atoms in total. The van der Waals surface area contributed by atoms with Crippen LogP contribution >= 0.6 is 0 Å². The van der Waals surface area contributed by atoms with E-state index in [1.807, 2.05) is 0 Å². The van der Waals surface area contributed by atoms with Crippen LogP contribution in [0.4, 0.5) is 14.5 Å². The van der Waals surface area contributed by atoms with Crippen LogP contribution in [-0.2, 0) is 10.0 Å². The fourth-order valence-electron chi connectivity index (χ4n) is 4.80. The first-order chi connectivity index (χ1) is 21.1. The number of sulfonamides is 1. The fourth-order valence-corrected chi connectivity index (χ4v) is 5.45. The number of benzene rings is 3. The lowest BCUT2D eigenvalue weighted by molar-refractivity contribution is 0.0964. The molecule has 13 heteroatoms. The number of rotatable bonds is 7. The lowest BCUT2D eigenvalue weighted by Gasteiger charge is -2.13. The summed E-state index contributed by atoms with van der Waals surface area (Å²) in [5, 5.41) is 3.02. The summed E-state index contributed by atoms with van der Waals surface area (Å²) in [5.41, 5.74) is 1.41. The van der Waals surface area contributed by atoms with Crippen molar-refractivity contribution >= 4 is 43.6 Å². The quantitative estimate of drug-likeness (QED) is 0.216. The number of fused-ring (bicyclic) bond motifs is 2. The lowest BCUT2D eigenvalue weighted by atomic mass is 9.99. The second-order valence-corrected chi connectivity index (χ2v) is 11.8. The average molecular weight is 616 g/mol. The number of halogens is 2. The van der Waals surface area contributed by atoms with E-state index < -0.39 is 33.1 Å². The van der Waals surface area contributed by atoms with Crippen LogP contribution < -0.4 is 15.6 Å². The van der Waals surface area contributed by atoms with E-state index >= 15 is 0 Å². The number of H-pyrrole nitrogens is 1. The highest BCUT2D eigenvalue weighted by Gasteiger charge is 2.25. The van der Waals surface area contributed by atoms with E-state index in [0.717, 1.165) is 0 Å². The number of nitrogens with one attached hydrogen (secondary N) is 3. The summed E-state index contributed by atoms with van der Waals surface area (Å²) >= 11 is 0. The molecule has 44 heavy (non-hydrogen) atoms. The number of carbonyl (C=O) groups is 1. The van der Waals surface area contributed by atoms with Gasteiger partial charge in [0.15, 0.2) is 5.65 Å². The molecule has 0 fully saturated rings. The maximum atomic E-state index is 13.8. The molecule has 6 rings (SSSR count). The largest absolute Gasteiger partial charge is 0.455 e. The van der Waals surface area contributed by atoms with Gasteiger partial charge >= 0.3 is 0 Å². The topological polar surface area (TPSA) is 147 Å². The van der Waals surface area contributed by atoms with Crippen LogP contribution in [-0.4, -0.2) is 42.1 Å². The van der Waals surface area contributed by atoms with Gasteiger partial charge in [-0.05, 0) is 55.5 Å². The minimum absolute atomic E-state index is 0.0847. The number of aromatic nitrogens is 3. The minimum Gasteiger partial charge on any atom is -0.455 e. The van der Waals surface area contributed by atoms with Gasteiger partial charge in [-0.3, -0.25) is 14.3 Å². The van der Waals surface area contributed by atoms with E-state index in [9.17, 15) is 26.8 Å². The summed E-state index contributed by atoms with van der Waals surface area (Å²) in [5.74, 6) is -1.40. The number of aromatic amines is 1. The van der Waals surface area contributed by atoms with Crippen molar-refractivity contribution < 1.29 is 26.4 Å². The number of hydrogen-bond donors (Lipinski definition) is 3. The SMILES string of the molecule is CCS(=O)(=O)Nc1cc2oc(-c3ccc(F)cc3)c(C(=O)NC)c2cc1-c1cnc2nc(-c3cccc(F)c3)[nH]c(=O)c2c1. The Morgan fingerprint density at radius 3 is 2.43 bits per heavy atom. The Morgan fingerprint density at radius 1 is 0.955 bits per heavy atom. The summed E-state index contributed by atoms with van der Waals surface area (Å²) < 4.78 is 61.4. The zero-order chi connectivity index (χ0) is 31.2. The van der Waals surface area contributed by atoms with Crippen molar-refractivity contribution in [2.75, 3.05) is 17.5 Å². The van der Waals surface area contributed by atoms with Gasteiger partial charge in [-0.25, -0.2) is 27.2 Å². The van der Waals surface area contributed by atoms with Crippen LogP contribution in [0.1, 0.15) is 17.3 Å². The number of nitrogens with zero attached hydrogens (tertiary/aromatic N) is 2. The van der Waals surface area contributed by atoms with Crippen molar-refractivity contribution in [2.24, 2.45) is 0 Å². The molecular formula is C31H23F2N5O5S. The molecule has 0 aliphatic rings. The third kappa shape index (κ3) is 5.28. The molecule has 222 valence electrons. The Morgan fingerprint density at radius 2 is 1.73 bits per heavy atom. The second kappa shape index (κ2) is 11.0. The molecule has 0 unspecified atom stereocenters. The molecule has 0 radical (unpaired) electrons. The highest BCUT2D eigenvalue weighted by molar-refractivity contribution is 7.92. The van der Waals surface area contributed by atoms with Crippen LogP contribution in [0.25, 0.3) is 55.8 Å². The van der Waals surface area contributed by atoms with Crippen LogP contribution in [0.3, 0.4) is 0 Å². The van der Waals surface area contributed by atoms with Gasteiger partial charge in [0, 0.05) is 47.0 Å². The molecule has 6 aromatic rings. The fraction of sp³-hybridized carbons (Fsp3) is 0.0968. The summed E-state index contributed by atoms with van der Waals surface area (Å²) in [7, 11) is -2.34. The van der Waals surface area contributed by atoms with Gasteiger partial charge in [0.1, 0.15) is 28.8 Å². The molecule has 0 atom stereocenters. The van der Waals surface area contributed by atoms with Gasteiger partial charge in [0.2, 0.25) is 10.0 Å². The normalized spacial score (nSPS) is 11.6. The van der Waals surface area contributed by atoms with Crippen molar-refractivity contribution in [1.82, 2.24) is 20.3 Å². The maximum Gasteiger partial charge on any atom is 0.260 e. The standard InChI is InChI=1S/C31H23F2N5O5S/c1-3-44(41,42)38-24-14-25-22(26(31(40)34-2)27(43-25)16-7-9-19(32)10-8-16)13-21(24)18-12-23-29(35-15-18)36-28(37-30(23)39)17-5-4-6-20(33)11-17/h4-15,38H,3H2,1-2H3,(H,34,40)(H,35,36,37,39). The Hall–Kier alpha value is -5.43. The predicted molar refractivity (Wildman–Crippen MR) is 163 cm³/mol. The maximum absolute atomic E-state index is 13.8. The molecule has 1 amide bonds. The van der Waals surface area contributed by atoms with E-state index in [-0.39, 0.29) is 45.2 Å². The zero-order valence-electron chi connectivity index (χ0n) is 23.2. The highest BCUT2D eigenvalue weighted by Crippen LogP contribution is 2.40. The van der Waals surface area contributed by atoms with E-state index in [1.54, 1.807) is 12.1 Å². The molecule has 3 aromatic carbocycles. The van der Waals surface area contributed by atoms with E-state index in [4.69, 9.17) is 4.42 Å². The van der Waals surface area contributed by atoms with Gasteiger partial charge in [0.05, 0.1) is 22.4 Å². The third-order valence-electron chi connectivity index (χ3n) is 7.00. The molecule has 3 N–H and O–H groups in total. The first-order valence-electron chi connectivity index (χ1n) is 13.3. The van der Waals surface area contributed by atoms with Crippen molar-refractivity contribution in [3.63, 3.8) is 0 Å².